The summed E-state index contributed by atoms with van der Waals surface area (Å²) in [5.41, 5.74) is 1.53. The van der Waals surface area contributed by atoms with Gasteiger partial charge in [0.2, 0.25) is 10.0 Å². The fourth-order valence-electron chi connectivity index (χ4n) is 2.64. The molecule has 1 heterocycles. The number of hydrogen-bond donors (Lipinski definition) is 1. The summed E-state index contributed by atoms with van der Waals surface area (Å²) in [7, 11) is -3.92. The second-order valence-electron chi connectivity index (χ2n) is 6.60. The van der Waals surface area contributed by atoms with Crippen LogP contribution in [0.5, 0.6) is 0 Å². The Kier molecular flexibility index (Phi) is 4.64. The van der Waals surface area contributed by atoms with Gasteiger partial charge in [0.25, 0.3) is 5.89 Å². The van der Waals surface area contributed by atoms with Crippen LogP contribution in [0.15, 0.2) is 51.9 Å². The maximum Gasteiger partial charge on any atom is 0.259 e. The lowest BCUT2D eigenvalue weighted by atomic mass is 9.84. The van der Waals surface area contributed by atoms with E-state index in [1.54, 1.807) is 24.3 Å². The Bertz CT molecular complexity index is 1060. The maximum atomic E-state index is 11.9. The predicted octanol–water partition coefficient (Wildman–Crippen LogP) is 3.67. The number of nitrogens with two attached hydrogens (primary N) is 1. The summed E-state index contributed by atoms with van der Waals surface area (Å²) < 4.78 is 29.1. The third-order valence-corrected chi connectivity index (χ3v) is 5.44. The van der Waals surface area contributed by atoms with Gasteiger partial charge >= 0.3 is 0 Å². The van der Waals surface area contributed by atoms with E-state index in [1.165, 1.54) is 6.07 Å². The molecule has 0 aliphatic heterocycles. The van der Waals surface area contributed by atoms with Crippen LogP contribution in [-0.4, -0.2) is 18.6 Å². The summed E-state index contributed by atoms with van der Waals surface area (Å²) in [6.45, 7) is 5.73. The van der Waals surface area contributed by atoms with Crippen LogP contribution in [0.4, 0.5) is 0 Å². The van der Waals surface area contributed by atoms with Crippen LogP contribution in [0.25, 0.3) is 11.5 Å². The molecule has 0 saturated heterocycles. The molecule has 0 aliphatic rings. The Balaban J connectivity index is 2.09. The third-order valence-electron chi connectivity index (χ3n) is 4.22. The lowest BCUT2D eigenvalue weighted by molar-refractivity contribution is 0.407. The van der Waals surface area contributed by atoms with Gasteiger partial charge in [-0.15, -0.1) is 0 Å². The van der Waals surface area contributed by atoms with Gasteiger partial charge in [-0.25, -0.2) is 13.6 Å². The number of nitrogens with zero attached hydrogens (tertiary/aromatic N) is 2. The largest absolute Gasteiger partial charge is 0.334 e. The first-order chi connectivity index (χ1) is 12.1. The average Bonchev–Trinajstić information content (AvgIpc) is 3.04. The highest BCUT2D eigenvalue weighted by molar-refractivity contribution is 7.89. The van der Waals surface area contributed by atoms with Crippen LogP contribution in [-0.2, 0) is 15.4 Å². The zero-order valence-electron chi connectivity index (χ0n) is 14.5. The SMILES string of the molecule is Cc1ccc(S(N)(=O)=O)c(-c2nc(C(C)(C)c3ccc(Cl)cc3)no2)c1. The maximum absolute atomic E-state index is 11.9. The zero-order valence-corrected chi connectivity index (χ0v) is 16.1. The summed E-state index contributed by atoms with van der Waals surface area (Å²) in [6, 6.07) is 12.1. The van der Waals surface area contributed by atoms with Gasteiger partial charge in [0.1, 0.15) is 0 Å². The van der Waals surface area contributed by atoms with E-state index in [0.29, 0.717) is 10.8 Å². The van der Waals surface area contributed by atoms with E-state index in [4.69, 9.17) is 21.3 Å². The molecule has 8 heteroatoms. The van der Waals surface area contributed by atoms with Gasteiger partial charge in [-0.2, -0.15) is 4.98 Å². The number of aromatic nitrogens is 2. The van der Waals surface area contributed by atoms with E-state index in [0.717, 1.165) is 11.1 Å². The first kappa shape index (κ1) is 18.6. The molecule has 0 bridgehead atoms. The van der Waals surface area contributed by atoms with Crippen molar-refractivity contribution in [3.8, 4) is 11.5 Å². The zero-order chi connectivity index (χ0) is 19.1. The molecule has 3 aromatic rings. The van der Waals surface area contributed by atoms with Crippen LogP contribution in [0.2, 0.25) is 5.02 Å². The lowest BCUT2D eigenvalue weighted by Gasteiger charge is -2.20. The van der Waals surface area contributed by atoms with Crippen LogP contribution >= 0.6 is 11.6 Å². The molecular weight excluding hydrogens is 374 g/mol. The monoisotopic (exact) mass is 391 g/mol. The molecule has 0 aliphatic carbocycles. The van der Waals surface area contributed by atoms with E-state index in [2.05, 4.69) is 10.1 Å². The molecule has 2 aromatic carbocycles. The molecule has 136 valence electrons. The molecule has 0 atom stereocenters. The number of halogens is 1. The predicted molar refractivity (Wildman–Crippen MR) is 99.4 cm³/mol. The number of hydrogen-bond acceptors (Lipinski definition) is 5. The first-order valence-corrected chi connectivity index (χ1v) is 9.75. The molecule has 0 radical (unpaired) electrons. The van der Waals surface area contributed by atoms with Crippen LogP contribution in [0.3, 0.4) is 0 Å². The van der Waals surface area contributed by atoms with Crippen molar-refractivity contribution in [2.45, 2.75) is 31.1 Å². The van der Waals surface area contributed by atoms with Gasteiger partial charge in [-0.1, -0.05) is 40.5 Å². The Morgan fingerprint density at radius 2 is 1.77 bits per heavy atom. The molecule has 2 N–H and O–H groups in total. The fourth-order valence-corrected chi connectivity index (χ4v) is 3.48. The van der Waals surface area contributed by atoms with Crippen molar-refractivity contribution >= 4 is 21.6 Å². The number of sulfonamides is 1. The molecule has 3 rings (SSSR count). The van der Waals surface area contributed by atoms with Crippen molar-refractivity contribution in [3.05, 3.63) is 64.4 Å². The summed E-state index contributed by atoms with van der Waals surface area (Å²) in [5.74, 6) is 0.534. The van der Waals surface area contributed by atoms with Crippen LogP contribution in [0.1, 0.15) is 30.8 Å². The first-order valence-electron chi connectivity index (χ1n) is 7.83. The van der Waals surface area contributed by atoms with Crippen molar-refractivity contribution in [2.75, 3.05) is 0 Å². The van der Waals surface area contributed by atoms with Gasteiger partial charge in [-0.3, -0.25) is 0 Å². The quantitative estimate of drug-likeness (QED) is 0.731. The smallest absolute Gasteiger partial charge is 0.259 e. The Morgan fingerprint density at radius 1 is 1.12 bits per heavy atom. The highest BCUT2D eigenvalue weighted by Gasteiger charge is 2.30. The summed E-state index contributed by atoms with van der Waals surface area (Å²) in [5, 5.41) is 10.0. The van der Waals surface area contributed by atoms with Gasteiger partial charge in [0, 0.05) is 5.02 Å². The van der Waals surface area contributed by atoms with Gasteiger partial charge in [0.15, 0.2) is 5.82 Å². The topological polar surface area (TPSA) is 99.1 Å². The molecular formula is C18H18ClN3O3S. The average molecular weight is 392 g/mol. The van der Waals surface area contributed by atoms with E-state index in [-0.39, 0.29) is 16.3 Å². The number of rotatable bonds is 4. The summed E-state index contributed by atoms with van der Waals surface area (Å²) >= 11 is 5.95. The Morgan fingerprint density at radius 3 is 2.38 bits per heavy atom. The van der Waals surface area contributed by atoms with Crippen molar-refractivity contribution in [1.82, 2.24) is 10.1 Å². The standard InChI is InChI=1S/C18H18ClN3O3S/c1-11-4-9-15(26(20,23)24)14(10-11)16-21-17(22-25-16)18(2,3)12-5-7-13(19)8-6-12/h4-10H,1-3H3,(H2,20,23,24). The second kappa shape index (κ2) is 6.50. The van der Waals surface area contributed by atoms with E-state index >= 15 is 0 Å². The Hall–Kier alpha value is -2.22. The summed E-state index contributed by atoms with van der Waals surface area (Å²) in [4.78, 5) is 4.38. The second-order valence-corrected chi connectivity index (χ2v) is 8.57. The van der Waals surface area contributed by atoms with E-state index in [1.807, 2.05) is 32.9 Å². The van der Waals surface area contributed by atoms with Crippen molar-refractivity contribution < 1.29 is 12.9 Å². The van der Waals surface area contributed by atoms with Crippen LogP contribution < -0.4 is 5.14 Å². The minimum Gasteiger partial charge on any atom is -0.334 e. The minimum atomic E-state index is -3.92. The highest BCUT2D eigenvalue weighted by atomic mass is 35.5. The number of benzene rings is 2. The molecule has 0 spiro atoms. The molecule has 26 heavy (non-hydrogen) atoms. The molecule has 0 saturated carbocycles. The Labute approximate surface area is 157 Å². The molecule has 1 aromatic heterocycles. The van der Waals surface area contributed by atoms with Gasteiger partial charge < -0.3 is 4.52 Å². The van der Waals surface area contributed by atoms with Gasteiger partial charge in [0.05, 0.1) is 15.9 Å². The van der Waals surface area contributed by atoms with Crippen molar-refractivity contribution in [3.63, 3.8) is 0 Å². The fraction of sp³-hybridized carbons (Fsp3) is 0.222. The summed E-state index contributed by atoms with van der Waals surface area (Å²) in [6.07, 6.45) is 0. The third kappa shape index (κ3) is 3.51. The normalized spacial score (nSPS) is 12.3. The molecule has 0 amide bonds. The van der Waals surface area contributed by atoms with Crippen molar-refractivity contribution in [1.29, 1.82) is 0 Å². The van der Waals surface area contributed by atoms with Crippen molar-refractivity contribution in [2.24, 2.45) is 5.14 Å². The minimum absolute atomic E-state index is 0.0531. The number of primary sulfonamides is 1. The highest BCUT2D eigenvalue weighted by Crippen LogP contribution is 2.33. The number of aryl methyl sites for hydroxylation is 1. The lowest BCUT2D eigenvalue weighted by Crippen LogP contribution is -2.20. The van der Waals surface area contributed by atoms with E-state index in [9.17, 15) is 8.42 Å². The van der Waals surface area contributed by atoms with Gasteiger partial charge in [-0.05, 0) is 50.6 Å². The van der Waals surface area contributed by atoms with Crippen LogP contribution in [0, 0.1) is 6.92 Å². The molecule has 6 nitrogen and oxygen atoms in total. The molecule has 0 fully saturated rings. The molecule has 0 unspecified atom stereocenters. The van der Waals surface area contributed by atoms with E-state index < -0.39 is 15.4 Å².